The van der Waals surface area contributed by atoms with Crippen molar-refractivity contribution in [3.8, 4) is 5.75 Å². The second kappa shape index (κ2) is 3.29. The number of rotatable bonds is 1. The quantitative estimate of drug-likeness (QED) is 0.711. The van der Waals surface area contributed by atoms with E-state index in [1.807, 2.05) is 0 Å². The smallest absolute Gasteiger partial charge is 0.171 e. The predicted molar refractivity (Wildman–Crippen MR) is 43.7 cm³/mol. The van der Waals surface area contributed by atoms with Crippen LogP contribution in [0, 0.1) is 12.7 Å². The van der Waals surface area contributed by atoms with Crippen LogP contribution in [0.5, 0.6) is 5.75 Å². The molecule has 0 aliphatic carbocycles. The first-order chi connectivity index (χ1) is 5.57. The van der Waals surface area contributed by atoms with E-state index in [4.69, 9.17) is 21.8 Å². The molecule has 2 N–H and O–H groups in total. The van der Waals surface area contributed by atoms with E-state index >= 15 is 0 Å². The van der Waals surface area contributed by atoms with Crippen molar-refractivity contribution in [3.05, 3.63) is 28.0 Å². The van der Waals surface area contributed by atoms with E-state index in [9.17, 15) is 4.39 Å². The van der Waals surface area contributed by atoms with Crippen molar-refractivity contribution in [3.63, 3.8) is 0 Å². The number of phenols is 1. The lowest BCUT2D eigenvalue weighted by molar-refractivity contribution is 0.273. The summed E-state index contributed by atoms with van der Waals surface area (Å²) >= 11 is 5.54. The Morgan fingerprint density at radius 2 is 2.17 bits per heavy atom. The third-order valence-electron chi connectivity index (χ3n) is 1.61. The van der Waals surface area contributed by atoms with Crippen LogP contribution < -0.4 is 0 Å². The molecule has 0 aliphatic heterocycles. The zero-order valence-electron chi connectivity index (χ0n) is 6.43. The van der Waals surface area contributed by atoms with Crippen LogP contribution in [0.1, 0.15) is 11.1 Å². The van der Waals surface area contributed by atoms with Gasteiger partial charge in [-0.1, -0.05) is 11.6 Å². The molecule has 2 nitrogen and oxygen atoms in total. The fourth-order valence-corrected chi connectivity index (χ4v) is 1.08. The molecule has 0 saturated carbocycles. The summed E-state index contributed by atoms with van der Waals surface area (Å²) in [6.07, 6.45) is 0. The summed E-state index contributed by atoms with van der Waals surface area (Å²) in [6.45, 7) is 1.18. The van der Waals surface area contributed by atoms with E-state index in [0.29, 0.717) is 5.56 Å². The summed E-state index contributed by atoms with van der Waals surface area (Å²) in [5.41, 5.74) is 0.592. The van der Waals surface area contributed by atoms with Crippen LogP contribution in [0.15, 0.2) is 6.07 Å². The Bertz CT molecular complexity index is 312. The number of benzene rings is 1. The summed E-state index contributed by atoms with van der Waals surface area (Å²) in [4.78, 5) is 0. The molecule has 0 heterocycles. The van der Waals surface area contributed by atoms with Crippen molar-refractivity contribution in [2.45, 2.75) is 13.5 Å². The molecule has 0 aromatic heterocycles. The van der Waals surface area contributed by atoms with Gasteiger partial charge >= 0.3 is 0 Å². The van der Waals surface area contributed by atoms with Crippen LogP contribution in [-0.4, -0.2) is 10.2 Å². The predicted octanol–water partition coefficient (Wildman–Crippen LogP) is 1.99. The number of aromatic hydroxyl groups is 1. The van der Waals surface area contributed by atoms with Gasteiger partial charge in [0.1, 0.15) is 0 Å². The van der Waals surface area contributed by atoms with Crippen LogP contribution >= 0.6 is 11.6 Å². The standard InChI is InChI=1S/C8H8ClFO2/c1-4-2-5(3-11)7(10)8(12)6(4)9/h2,11-12H,3H2,1H3. The minimum Gasteiger partial charge on any atom is -0.504 e. The lowest BCUT2D eigenvalue weighted by Crippen LogP contribution is -1.92. The average Bonchev–Trinajstić information content (AvgIpc) is 2.08. The molecule has 0 radical (unpaired) electrons. The third kappa shape index (κ3) is 1.38. The Hall–Kier alpha value is -0.800. The van der Waals surface area contributed by atoms with E-state index in [2.05, 4.69) is 0 Å². The van der Waals surface area contributed by atoms with Gasteiger partial charge in [0.05, 0.1) is 11.6 Å². The number of phenolic OH excluding ortho intramolecular Hbond substituents is 1. The van der Waals surface area contributed by atoms with Crippen molar-refractivity contribution in [1.82, 2.24) is 0 Å². The molecule has 0 aliphatic rings. The van der Waals surface area contributed by atoms with Crippen molar-refractivity contribution < 1.29 is 14.6 Å². The summed E-state index contributed by atoms with van der Waals surface area (Å²) < 4.78 is 12.9. The van der Waals surface area contributed by atoms with Crippen LogP contribution in [-0.2, 0) is 6.61 Å². The van der Waals surface area contributed by atoms with Gasteiger partial charge in [0.2, 0.25) is 0 Å². The zero-order chi connectivity index (χ0) is 9.30. The second-order valence-corrected chi connectivity index (χ2v) is 2.87. The molecule has 0 bridgehead atoms. The van der Waals surface area contributed by atoms with Gasteiger partial charge in [-0.05, 0) is 18.6 Å². The van der Waals surface area contributed by atoms with Crippen LogP contribution in [0.3, 0.4) is 0 Å². The third-order valence-corrected chi connectivity index (χ3v) is 2.08. The maximum absolute atomic E-state index is 12.9. The van der Waals surface area contributed by atoms with E-state index in [1.54, 1.807) is 6.92 Å². The zero-order valence-corrected chi connectivity index (χ0v) is 7.19. The molecule has 0 amide bonds. The Kier molecular flexibility index (Phi) is 2.55. The fraction of sp³-hybridized carbons (Fsp3) is 0.250. The Morgan fingerprint density at radius 3 is 2.67 bits per heavy atom. The average molecular weight is 191 g/mol. The highest BCUT2D eigenvalue weighted by molar-refractivity contribution is 6.32. The molecule has 1 aromatic rings. The van der Waals surface area contributed by atoms with Crippen molar-refractivity contribution >= 4 is 11.6 Å². The molecule has 0 atom stereocenters. The maximum Gasteiger partial charge on any atom is 0.171 e. The highest BCUT2D eigenvalue weighted by Crippen LogP contribution is 2.31. The van der Waals surface area contributed by atoms with Crippen molar-refractivity contribution in [2.75, 3.05) is 0 Å². The Morgan fingerprint density at radius 1 is 1.58 bits per heavy atom. The van der Waals surface area contributed by atoms with Crippen LogP contribution in [0.25, 0.3) is 0 Å². The summed E-state index contributed by atoms with van der Waals surface area (Å²) in [6, 6.07) is 1.40. The number of halogens is 2. The first-order valence-corrected chi connectivity index (χ1v) is 3.73. The second-order valence-electron chi connectivity index (χ2n) is 2.49. The first-order valence-electron chi connectivity index (χ1n) is 3.35. The molecule has 0 fully saturated rings. The highest BCUT2D eigenvalue weighted by Gasteiger charge is 2.12. The SMILES string of the molecule is Cc1cc(CO)c(F)c(O)c1Cl. The lowest BCUT2D eigenvalue weighted by Gasteiger charge is -2.06. The Balaban J connectivity index is 3.39. The van der Waals surface area contributed by atoms with Crippen LogP contribution in [0.2, 0.25) is 5.02 Å². The molecular formula is C8H8ClFO2. The number of hydrogen-bond donors (Lipinski definition) is 2. The molecule has 4 heteroatoms. The molecule has 0 spiro atoms. The monoisotopic (exact) mass is 190 g/mol. The number of hydrogen-bond acceptors (Lipinski definition) is 2. The fourth-order valence-electron chi connectivity index (χ4n) is 0.938. The largest absolute Gasteiger partial charge is 0.504 e. The summed E-state index contributed by atoms with van der Waals surface area (Å²) in [5.74, 6) is -1.45. The van der Waals surface area contributed by atoms with Gasteiger partial charge in [-0.15, -0.1) is 0 Å². The number of aryl methyl sites for hydroxylation is 1. The molecule has 0 saturated heterocycles. The van der Waals surface area contributed by atoms with Crippen molar-refractivity contribution in [1.29, 1.82) is 0 Å². The normalized spacial score (nSPS) is 10.3. The first kappa shape index (κ1) is 9.29. The highest BCUT2D eigenvalue weighted by atomic mass is 35.5. The number of aliphatic hydroxyl groups excluding tert-OH is 1. The molecule has 1 aromatic carbocycles. The summed E-state index contributed by atoms with van der Waals surface area (Å²) in [7, 11) is 0. The van der Waals surface area contributed by atoms with E-state index in [-0.39, 0.29) is 10.6 Å². The molecular weight excluding hydrogens is 183 g/mol. The van der Waals surface area contributed by atoms with Crippen LogP contribution in [0.4, 0.5) is 4.39 Å². The minimum absolute atomic E-state index is 0.00954. The molecule has 66 valence electrons. The van der Waals surface area contributed by atoms with Gasteiger partial charge in [-0.25, -0.2) is 4.39 Å². The van der Waals surface area contributed by atoms with Gasteiger partial charge in [0.15, 0.2) is 11.6 Å². The number of aliphatic hydroxyl groups is 1. The minimum atomic E-state index is -0.854. The molecule has 12 heavy (non-hydrogen) atoms. The van der Waals surface area contributed by atoms with Gasteiger partial charge in [0.25, 0.3) is 0 Å². The maximum atomic E-state index is 12.9. The molecule has 1 rings (SSSR count). The van der Waals surface area contributed by atoms with E-state index in [1.165, 1.54) is 6.07 Å². The van der Waals surface area contributed by atoms with E-state index in [0.717, 1.165) is 0 Å². The van der Waals surface area contributed by atoms with Gasteiger partial charge < -0.3 is 10.2 Å². The van der Waals surface area contributed by atoms with Gasteiger partial charge in [-0.2, -0.15) is 0 Å². The van der Waals surface area contributed by atoms with Gasteiger partial charge in [-0.3, -0.25) is 0 Å². The Labute approximate surface area is 74.2 Å². The van der Waals surface area contributed by atoms with E-state index < -0.39 is 18.2 Å². The topological polar surface area (TPSA) is 40.5 Å². The summed E-state index contributed by atoms with van der Waals surface area (Å²) in [5, 5.41) is 17.7. The molecule has 0 unspecified atom stereocenters. The van der Waals surface area contributed by atoms with Crippen molar-refractivity contribution in [2.24, 2.45) is 0 Å². The van der Waals surface area contributed by atoms with Gasteiger partial charge in [0, 0.05) is 5.56 Å². The lowest BCUT2D eigenvalue weighted by atomic mass is 10.1.